The van der Waals surface area contributed by atoms with E-state index in [9.17, 15) is 4.79 Å². The Hall–Kier alpha value is -1.06. The Labute approximate surface area is 127 Å². The minimum absolute atomic E-state index is 0. The molecule has 20 heavy (non-hydrogen) atoms. The summed E-state index contributed by atoms with van der Waals surface area (Å²) in [5.74, 6) is 0.634. The van der Waals surface area contributed by atoms with E-state index in [1.54, 1.807) is 0 Å². The maximum atomic E-state index is 11.9. The lowest BCUT2D eigenvalue weighted by atomic mass is 10.0. The maximum Gasteiger partial charge on any atom is 0.220 e. The molecule has 1 saturated carbocycles. The molecular weight excluding hydrogens is 272 g/mol. The van der Waals surface area contributed by atoms with E-state index in [1.807, 2.05) is 0 Å². The number of aryl methyl sites for hydroxylation is 2. The van der Waals surface area contributed by atoms with Gasteiger partial charge in [-0.05, 0) is 44.2 Å². The van der Waals surface area contributed by atoms with Crippen LogP contribution in [0.2, 0.25) is 0 Å². The fourth-order valence-corrected chi connectivity index (χ4v) is 2.80. The van der Waals surface area contributed by atoms with Crippen molar-refractivity contribution in [3.05, 3.63) is 35.4 Å². The molecule has 0 saturated heterocycles. The van der Waals surface area contributed by atoms with Crippen LogP contribution >= 0.6 is 12.4 Å². The van der Waals surface area contributed by atoms with Gasteiger partial charge < -0.3 is 11.1 Å². The second-order valence-corrected chi connectivity index (χ2v) is 5.59. The summed E-state index contributed by atoms with van der Waals surface area (Å²) in [6.07, 6.45) is 4.80. The fourth-order valence-electron chi connectivity index (χ4n) is 2.80. The minimum atomic E-state index is 0. The molecule has 2 rings (SSSR count). The van der Waals surface area contributed by atoms with Crippen LogP contribution in [0.1, 0.15) is 36.8 Å². The van der Waals surface area contributed by atoms with Crippen molar-refractivity contribution in [2.75, 3.05) is 6.54 Å². The van der Waals surface area contributed by atoms with Crippen LogP contribution in [-0.2, 0) is 11.2 Å². The zero-order valence-corrected chi connectivity index (χ0v) is 12.9. The summed E-state index contributed by atoms with van der Waals surface area (Å²) < 4.78 is 0. The molecule has 0 aliphatic heterocycles. The lowest BCUT2D eigenvalue weighted by molar-refractivity contribution is -0.122. The van der Waals surface area contributed by atoms with Gasteiger partial charge in [0, 0.05) is 12.5 Å². The Morgan fingerprint density at radius 3 is 2.65 bits per heavy atom. The minimum Gasteiger partial charge on any atom is -0.353 e. The Balaban J connectivity index is 0.00000200. The predicted molar refractivity (Wildman–Crippen MR) is 85.1 cm³/mol. The third-order valence-electron chi connectivity index (χ3n) is 4.07. The van der Waals surface area contributed by atoms with Gasteiger partial charge in [-0.2, -0.15) is 0 Å². The van der Waals surface area contributed by atoms with E-state index in [0.717, 1.165) is 19.3 Å². The standard InChI is InChI=1S/C16H24N2O.ClH/c1-12-5-7-13(8-6-12)9-10-16(19)18-15-4-2-3-14(15)11-17;/h5-8,14-15H,2-4,9-11,17H2,1H3,(H,18,19);1H. The number of hydrogen-bond donors (Lipinski definition) is 2. The van der Waals surface area contributed by atoms with Crippen LogP contribution in [0.4, 0.5) is 0 Å². The number of amides is 1. The molecule has 3 nitrogen and oxygen atoms in total. The summed E-state index contributed by atoms with van der Waals surface area (Å²) in [7, 11) is 0. The molecule has 1 aliphatic carbocycles. The van der Waals surface area contributed by atoms with Crippen LogP contribution < -0.4 is 11.1 Å². The molecule has 1 aromatic rings. The van der Waals surface area contributed by atoms with Gasteiger partial charge in [0.05, 0.1) is 0 Å². The second-order valence-electron chi connectivity index (χ2n) is 5.59. The second kappa shape index (κ2) is 8.28. The first-order valence-corrected chi connectivity index (χ1v) is 7.24. The van der Waals surface area contributed by atoms with Crippen molar-refractivity contribution in [2.24, 2.45) is 11.7 Å². The van der Waals surface area contributed by atoms with E-state index in [0.29, 0.717) is 24.9 Å². The van der Waals surface area contributed by atoms with Crippen molar-refractivity contribution in [1.82, 2.24) is 5.32 Å². The Kier molecular flexibility index (Phi) is 7.03. The predicted octanol–water partition coefficient (Wildman–Crippen LogP) is 2.59. The molecule has 1 aromatic carbocycles. The third-order valence-corrected chi connectivity index (χ3v) is 4.07. The largest absolute Gasteiger partial charge is 0.353 e. The average Bonchev–Trinajstić information content (AvgIpc) is 2.85. The van der Waals surface area contributed by atoms with Crippen LogP contribution in [0.15, 0.2) is 24.3 Å². The van der Waals surface area contributed by atoms with Gasteiger partial charge in [0.25, 0.3) is 0 Å². The lowest BCUT2D eigenvalue weighted by Gasteiger charge is -2.19. The topological polar surface area (TPSA) is 55.1 Å². The van der Waals surface area contributed by atoms with Gasteiger partial charge in [0.15, 0.2) is 0 Å². The van der Waals surface area contributed by atoms with Crippen molar-refractivity contribution < 1.29 is 4.79 Å². The zero-order valence-electron chi connectivity index (χ0n) is 12.1. The van der Waals surface area contributed by atoms with Crippen LogP contribution in [0.25, 0.3) is 0 Å². The molecule has 0 aromatic heterocycles. The normalized spacial score (nSPS) is 21.3. The summed E-state index contributed by atoms with van der Waals surface area (Å²) in [6, 6.07) is 8.68. The fraction of sp³-hybridized carbons (Fsp3) is 0.562. The molecule has 112 valence electrons. The number of halogens is 1. The first-order chi connectivity index (χ1) is 9.19. The molecular formula is C16H25ClN2O. The molecule has 2 unspecified atom stereocenters. The number of carbonyl (C=O) groups is 1. The molecule has 1 amide bonds. The van der Waals surface area contributed by atoms with E-state index in [1.165, 1.54) is 17.5 Å². The molecule has 0 bridgehead atoms. The third kappa shape index (κ3) is 4.80. The smallest absolute Gasteiger partial charge is 0.220 e. The highest BCUT2D eigenvalue weighted by Crippen LogP contribution is 2.24. The molecule has 1 fully saturated rings. The van der Waals surface area contributed by atoms with E-state index >= 15 is 0 Å². The molecule has 2 atom stereocenters. The van der Waals surface area contributed by atoms with Gasteiger partial charge in [-0.15, -0.1) is 12.4 Å². The maximum absolute atomic E-state index is 11.9. The van der Waals surface area contributed by atoms with Crippen LogP contribution in [0.5, 0.6) is 0 Å². The highest BCUT2D eigenvalue weighted by molar-refractivity contribution is 5.85. The SMILES string of the molecule is Cc1ccc(CCC(=O)NC2CCCC2CN)cc1.Cl. The monoisotopic (exact) mass is 296 g/mol. The number of nitrogens with two attached hydrogens (primary N) is 1. The van der Waals surface area contributed by atoms with E-state index in [2.05, 4.69) is 36.5 Å². The van der Waals surface area contributed by atoms with E-state index in [4.69, 9.17) is 5.73 Å². The number of hydrogen-bond acceptors (Lipinski definition) is 2. The van der Waals surface area contributed by atoms with Crippen molar-refractivity contribution >= 4 is 18.3 Å². The average molecular weight is 297 g/mol. The van der Waals surface area contributed by atoms with Crippen LogP contribution in [-0.4, -0.2) is 18.5 Å². The Morgan fingerprint density at radius 1 is 1.30 bits per heavy atom. The lowest BCUT2D eigenvalue weighted by Crippen LogP contribution is -2.39. The summed E-state index contributed by atoms with van der Waals surface area (Å²) in [5.41, 5.74) is 8.21. The van der Waals surface area contributed by atoms with Gasteiger partial charge in [0.2, 0.25) is 5.91 Å². The highest BCUT2D eigenvalue weighted by Gasteiger charge is 2.26. The van der Waals surface area contributed by atoms with Crippen molar-refractivity contribution in [1.29, 1.82) is 0 Å². The first-order valence-electron chi connectivity index (χ1n) is 7.24. The molecule has 0 heterocycles. The van der Waals surface area contributed by atoms with Gasteiger partial charge >= 0.3 is 0 Å². The van der Waals surface area contributed by atoms with Crippen molar-refractivity contribution in [2.45, 2.75) is 45.1 Å². The summed E-state index contributed by atoms with van der Waals surface area (Å²) in [5, 5.41) is 3.14. The highest BCUT2D eigenvalue weighted by atomic mass is 35.5. The van der Waals surface area contributed by atoms with Crippen LogP contribution in [0, 0.1) is 12.8 Å². The number of carbonyl (C=O) groups excluding carboxylic acids is 1. The van der Waals surface area contributed by atoms with Gasteiger partial charge in [-0.25, -0.2) is 0 Å². The Bertz CT molecular complexity index is 419. The number of rotatable bonds is 5. The van der Waals surface area contributed by atoms with E-state index in [-0.39, 0.29) is 18.3 Å². The molecule has 1 aliphatic rings. The molecule has 0 radical (unpaired) electrons. The van der Waals surface area contributed by atoms with Crippen molar-refractivity contribution in [3.63, 3.8) is 0 Å². The molecule has 0 spiro atoms. The number of nitrogens with one attached hydrogen (secondary N) is 1. The quantitative estimate of drug-likeness (QED) is 0.877. The van der Waals surface area contributed by atoms with Gasteiger partial charge in [-0.1, -0.05) is 36.2 Å². The van der Waals surface area contributed by atoms with E-state index < -0.39 is 0 Å². The Morgan fingerprint density at radius 2 is 2.00 bits per heavy atom. The number of benzene rings is 1. The summed E-state index contributed by atoms with van der Waals surface area (Å²) in [6.45, 7) is 2.76. The molecule has 4 heteroatoms. The summed E-state index contributed by atoms with van der Waals surface area (Å²) >= 11 is 0. The molecule has 3 N–H and O–H groups in total. The van der Waals surface area contributed by atoms with Gasteiger partial charge in [0.1, 0.15) is 0 Å². The summed E-state index contributed by atoms with van der Waals surface area (Å²) in [4.78, 5) is 11.9. The van der Waals surface area contributed by atoms with Crippen molar-refractivity contribution in [3.8, 4) is 0 Å². The zero-order chi connectivity index (χ0) is 13.7. The van der Waals surface area contributed by atoms with Gasteiger partial charge in [-0.3, -0.25) is 4.79 Å². The van der Waals surface area contributed by atoms with Crippen LogP contribution in [0.3, 0.4) is 0 Å². The first kappa shape index (κ1) is 17.0.